The number of benzene rings is 1. The molecule has 3 aromatic rings. The van der Waals surface area contributed by atoms with Crippen LogP contribution in [0.1, 0.15) is 27.4 Å². The number of piperazine rings is 1. The van der Waals surface area contributed by atoms with Crippen LogP contribution in [-0.2, 0) is 20.2 Å². The molecule has 4 rings (SSSR count). The van der Waals surface area contributed by atoms with E-state index in [2.05, 4.69) is 10.00 Å². The summed E-state index contributed by atoms with van der Waals surface area (Å²) in [7, 11) is 1.92. The standard InChI is InChI=1S/C22H26N4O3/c1-17-5-3-4-6-20(17)28-16-19-7-8-21(29-19)22(27)26-11-9-25(10-12-26)15-18-13-23-24(2)14-18/h3-8,13-14H,9-12,15-16H2,1-2H3. The van der Waals surface area contributed by atoms with Crippen LogP contribution in [0.4, 0.5) is 0 Å². The van der Waals surface area contributed by atoms with Crippen LogP contribution < -0.4 is 4.74 Å². The molecule has 1 fully saturated rings. The smallest absolute Gasteiger partial charge is 0.289 e. The van der Waals surface area contributed by atoms with Gasteiger partial charge in [0.1, 0.15) is 18.1 Å². The summed E-state index contributed by atoms with van der Waals surface area (Å²) < 4.78 is 13.4. The monoisotopic (exact) mass is 394 g/mol. The lowest BCUT2D eigenvalue weighted by molar-refractivity contribution is 0.0594. The Labute approximate surface area is 170 Å². The Bertz CT molecular complexity index is 970. The Morgan fingerprint density at radius 3 is 2.66 bits per heavy atom. The first-order valence-corrected chi connectivity index (χ1v) is 9.85. The van der Waals surface area contributed by atoms with Crippen molar-refractivity contribution in [1.29, 1.82) is 0 Å². The minimum absolute atomic E-state index is 0.0619. The van der Waals surface area contributed by atoms with Gasteiger partial charge in [-0.05, 0) is 30.7 Å². The third-order valence-electron chi connectivity index (χ3n) is 5.16. The number of hydrogen-bond donors (Lipinski definition) is 0. The van der Waals surface area contributed by atoms with E-state index in [0.29, 0.717) is 31.2 Å². The summed E-state index contributed by atoms with van der Waals surface area (Å²) in [4.78, 5) is 17.0. The summed E-state index contributed by atoms with van der Waals surface area (Å²) in [6.45, 7) is 6.22. The summed E-state index contributed by atoms with van der Waals surface area (Å²) in [5.41, 5.74) is 2.26. The topological polar surface area (TPSA) is 63.7 Å². The molecule has 0 spiro atoms. The van der Waals surface area contributed by atoms with E-state index in [4.69, 9.17) is 9.15 Å². The molecule has 7 heteroatoms. The van der Waals surface area contributed by atoms with Crippen LogP contribution in [0.2, 0.25) is 0 Å². The molecule has 1 aliphatic heterocycles. The minimum Gasteiger partial charge on any atom is -0.485 e. The number of carbonyl (C=O) groups excluding carboxylic acids is 1. The maximum absolute atomic E-state index is 12.8. The molecule has 0 saturated carbocycles. The van der Waals surface area contributed by atoms with Crippen LogP contribution in [0, 0.1) is 6.92 Å². The van der Waals surface area contributed by atoms with Crippen molar-refractivity contribution in [1.82, 2.24) is 19.6 Å². The number of amides is 1. The van der Waals surface area contributed by atoms with E-state index in [1.54, 1.807) is 6.07 Å². The van der Waals surface area contributed by atoms with E-state index in [0.717, 1.165) is 30.9 Å². The van der Waals surface area contributed by atoms with Crippen LogP contribution in [0.15, 0.2) is 53.2 Å². The van der Waals surface area contributed by atoms with E-state index in [9.17, 15) is 4.79 Å². The number of aromatic nitrogens is 2. The van der Waals surface area contributed by atoms with Crippen molar-refractivity contribution in [2.24, 2.45) is 7.05 Å². The number of para-hydroxylation sites is 1. The summed E-state index contributed by atoms with van der Waals surface area (Å²) in [6, 6.07) is 11.4. The van der Waals surface area contributed by atoms with Crippen molar-refractivity contribution in [2.45, 2.75) is 20.1 Å². The van der Waals surface area contributed by atoms with Crippen molar-refractivity contribution in [3.8, 4) is 5.75 Å². The molecule has 0 atom stereocenters. The minimum atomic E-state index is -0.0619. The van der Waals surface area contributed by atoms with Gasteiger partial charge >= 0.3 is 0 Å². The Kier molecular flexibility index (Phi) is 5.67. The molecule has 1 aliphatic rings. The molecule has 0 unspecified atom stereocenters. The van der Waals surface area contributed by atoms with Crippen LogP contribution in [0.25, 0.3) is 0 Å². The zero-order valence-electron chi connectivity index (χ0n) is 16.9. The van der Waals surface area contributed by atoms with Gasteiger partial charge < -0.3 is 14.1 Å². The highest BCUT2D eigenvalue weighted by atomic mass is 16.5. The molecular weight excluding hydrogens is 368 g/mol. The Morgan fingerprint density at radius 1 is 1.14 bits per heavy atom. The van der Waals surface area contributed by atoms with Gasteiger partial charge in [-0.25, -0.2) is 0 Å². The van der Waals surface area contributed by atoms with Gasteiger partial charge in [-0.3, -0.25) is 14.4 Å². The number of hydrogen-bond acceptors (Lipinski definition) is 5. The number of aryl methyl sites for hydroxylation is 2. The van der Waals surface area contributed by atoms with Crippen molar-refractivity contribution >= 4 is 5.91 Å². The highest BCUT2D eigenvalue weighted by molar-refractivity contribution is 5.91. The Hall–Kier alpha value is -3.06. The van der Waals surface area contributed by atoms with Crippen LogP contribution in [0.3, 0.4) is 0 Å². The molecule has 7 nitrogen and oxygen atoms in total. The predicted octanol–water partition coefficient (Wildman–Crippen LogP) is 2.86. The van der Waals surface area contributed by atoms with Crippen LogP contribution in [0.5, 0.6) is 5.75 Å². The molecule has 29 heavy (non-hydrogen) atoms. The largest absolute Gasteiger partial charge is 0.485 e. The van der Waals surface area contributed by atoms with Gasteiger partial charge in [0.05, 0.1) is 6.20 Å². The maximum Gasteiger partial charge on any atom is 0.289 e. The second-order valence-corrected chi connectivity index (χ2v) is 7.41. The molecular formula is C22H26N4O3. The van der Waals surface area contributed by atoms with E-state index in [1.807, 2.05) is 66.3 Å². The van der Waals surface area contributed by atoms with E-state index >= 15 is 0 Å². The molecule has 3 heterocycles. The Morgan fingerprint density at radius 2 is 1.93 bits per heavy atom. The molecule has 0 N–H and O–H groups in total. The molecule has 0 aliphatic carbocycles. The van der Waals surface area contributed by atoms with Gasteiger partial charge in [-0.1, -0.05) is 18.2 Å². The van der Waals surface area contributed by atoms with Crippen molar-refractivity contribution in [3.05, 3.63) is 71.4 Å². The highest BCUT2D eigenvalue weighted by Gasteiger charge is 2.24. The highest BCUT2D eigenvalue weighted by Crippen LogP contribution is 2.19. The van der Waals surface area contributed by atoms with Gasteiger partial charge in [0, 0.05) is 51.5 Å². The predicted molar refractivity (Wildman–Crippen MR) is 109 cm³/mol. The fourth-order valence-electron chi connectivity index (χ4n) is 3.51. The average molecular weight is 394 g/mol. The first kappa shape index (κ1) is 19.3. The zero-order valence-corrected chi connectivity index (χ0v) is 16.9. The Balaban J connectivity index is 1.28. The summed E-state index contributed by atoms with van der Waals surface area (Å²) >= 11 is 0. The summed E-state index contributed by atoms with van der Waals surface area (Å²) in [6.07, 6.45) is 3.92. The van der Waals surface area contributed by atoms with Crippen LogP contribution in [-0.4, -0.2) is 51.7 Å². The molecule has 2 aromatic heterocycles. The van der Waals surface area contributed by atoms with Crippen molar-refractivity contribution < 1.29 is 13.9 Å². The second-order valence-electron chi connectivity index (χ2n) is 7.41. The molecule has 0 bridgehead atoms. The fraction of sp³-hybridized carbons (Fsp3) is 0.364. The van der Waals surface area contributed by atoms with Gasteiger partial charge in [0.2, 0.25) is 0 Å². The third-order valence-corrected chi connectivity index (χ3v) is 5.16. The van der Waals surface area contributed by atoms with Gasteiger partial charge in [0.25, 0.3) is 5.91 Å². The number of furan rings is 1. The SMILES string of the molecule is Cc1ccccc1OCc1ccc(C(=O)N2CCN(Cc3cnn(C)c3)CC2)o1. The fourth-order valence-corrected chi connectivity index (χ4v) is 3.51. The molecule has 1 amide bonds. The molecule has 152 valence electrons. The number of carbonyl (C=O) groups is 1. The maximum atomic E-state index is 12.8. The quantitative estimate of drug-likeness (QED) is 0.643. The summed E-state index contributed by atoms with van der Waals surface area (Å²) in [5.74, 6) is 1.77. The molecule has 1 aromatic carbocycles. The van der Waals surface area contributed by atoms with Crippen molar-refractivity contribution in [2.75, 3.05) is 26.2 Å². The number of ether oxygens (including phenoxy) is 1. The number of nitrogens with zero attached hydrogens (tertiary/aromatic N) is 4. The normalized spacial score (nSPS) is 14.9. The summed E-state index contributed by atoms with van der Waals surface area (Å²) in [5, 5.41) is 4.21. The zero-order chi connectivity index (χ0) is 20.2. The van der Waals surface area contributed by atoms with Gasteiger partial charge in [-0.15, -0.1) is 0 Å². The first-order valence-electron chi connectivity index (χ1n) is 9.85. The lowest BCUT2D eigenvalue weighted by Crippen LogP contribution is -2.48. The number of rotatable bonds is 6. The first-order chi connectivity index (χ1) is 14.1. The van der Waals surface area contributed by atoms with Crippen molar-refractivity contribution in [3.63, 3.8) is 0 Å². The molecule has 0 radical (unpaired) electrons. The second kappa shape index (κ2) is 8.53. The lowest BCUT2D eigenvalue weighted by Gasteiger charge is -2.34. The lowest BCUT2D eigenvalue weighted by atomic mass is 10.2. The van der Waals surface area contributed by atoms with E-state index in [1.165, 1.54) is 5.56 Å². The molecule has 1 saturated heterocycles. The van der Waals surface area contributed by atoms with Crippen LogP contribution >= 0.6 is 0 Å². The third kappa shape index (κ3) is 4.68. The van der Waals surface area contributed by atoms with E-state index in [-0.39, 0.29) is 5.91 Å². The van der Waals surface area contributed by atoms with E-state index < -0.39 is 0 Å². The van der Waals surface area contributed by atoms with Gasteiger partial charge in [-0.2, -0.15) is 5.10 Å². The van der Waals surface area contributed by atoms with Gasteiger partial charge in [0.15, 0.2) is 5.76 Å². The average Bonchev–Trinajstić information content (AvgIpc) is 3.36.